The Hall–Kier alpha value is -2.40. The monoisotopic (exact) mass is 367 g/mol. The molecule has 2 aromatic carbocycles. The van der Waals surface area contributed by atoms with Crippen molar-refractivity contribution in [1.29, 1.82) is 0 Å². The van der Waals surface area contributed by atoms with Gasteiger partial charge >= 0.3 is 0 Å². The lowest BCUT2D eigenvalue weighted by Gasteiger charge is -2.11. The third kappa shape index (κ3) is 3.31. The molecule has 0 N–H and O–H groups in total. The van der Waals surface area contributed by atoms with E-state index in [-0.39, 0.29) is 11.6 Å². The molecule has 0 amide bonds. The SMILES string of the molecule is CSc1cc(F)ccc1Cc1ccccc1C(=O)c1cnoc1C1CC1. The van der Waals surface area contributed by atoms with Crippen LogP contribution in [-0.2, 0) is 6.42 Å². The van der Waals surface area contributed by atoms with E-state index in [0.29, 0.717) is 29.2 Å². The van der Waals surface area contributed by atoms with Gasteiger partial charge in [0.2, 0.25) is 0 Å². The molecule has 4 rings (SSSR count). The van der Waals surface area contributed by atoms with E-state index in [2.05, 4.69) is 5.16 Å². The zero-order valence-electron chi connectivity index (χ0n) is 14.4. The lowest BCUT2D eigenvalue weighted by atomic mass is 9.94. The first-order valence-corrected chi connectivity index (χ1v) is 9.79. The molecule has 0 aliphatic heterocycles. The third-order valence-corrected chi connectivity index (χ3v) is 5.50. The molecule has 0 unspecified atom stereocenters. The van der Waals surface area contributed by atoms with Crippen molar-refractivity contribution in [1.82, 2.24) is 5.16 Å². The van der Waals surface area contributed by atoms with E-state index in [1.807, 2.05) is 30.5 Å². The molecule has 132 valence electrons. The summed E-state index contributed by atoms with van der Waals surface area (Å²) in [5, 5.41) is 3.84. The van der Waals surface area contributed by atoms with Crippen molar-refractivity contribution in [2.45, 2.75) is 30.1 Å². The number of halogens is 1. The topological polar surface area (TPSA) is 43.1 Å². The molecule has 3 aromatic rings. The Morgan fingerprint density at radius 3 is 2.77 bits per heavy atom. The standard InChI is InChI=1S/C21H18FNO2S/c1-26-19-11-16(22)9-8-15(19)10-14-4-2-3-5-17(14)20(24)18-12-23-25-21(18)13-6-7-13/h2-5,8-9,11-13H,6-7,10H2,1H3. The largest absolute Gasteiger partial charge is 0.360 e. The number of thioether (sulfide) groups is 1. The molecule has 1 aliphatic carbocycles. The minimum absolute atomic E-state index is 0.0587. The summed E-state index contributed by atoms with van der Waals surface area (Å²) in [6, 6.07) is 12.4. The van der Waals surface area contributed by atoms with E-state index in [1.54, 1.807) is 6.07 Å². The van der Waals surface area contributed by atoms with E-state index in [0.717, 1.165) is 28.9 Å². The van der Waals surface area contributed by atoms with Gasteiger partial charge in [-0.2, -0.15) is 0 Å². The summed E-state index contributed by atoms with van der Waals surface area (Å²) < 4.78 is 18.8. The Labute approximate surface area is 155 Å². The first kappa shape index (κ1) is 17.0. The maximum Gasteiger partial charge on any atom is 0.198 e. The quantitative estimate of drug-likeness (QED) is 0.442. The van der Waals surface area contributed by atoms with Gasteiger partial charge in [0.25, 0.3) is 0 Å². The average Bonchev–Trinajstić information content (AvgIpc) is 3.39. The van der Waals surface area contributed by atoms with Crippen LogP contribution in [0, 0.1) is 5.82 Å². The molecule has 0 saturated heterocycles. The van der Waals surface area contributed by atoms with Gasteiger partial charge in [0.15, 0.2) is 11.5 Å². The lowest BCUT2D eigenvalue weighted by molar-refractivity contribution is 0.103. The van der Waals surface area contributed by atoms with Gasteiger partial charge < -0.3 is 4.52 Å². The minimum atomic E-state index is -0.249. The van der Waals surface area contributed by atoms with Crippen LogP contribution < -0.4 is 0 Å². The number of hydrogen-bond acceptors (Lipinski definition) is 4. The molecule has 0 spiro atoms. The maximum absolute atomic E-state index is 13.5. The molecule has 0 radical (unpaired) electrons. The molecule has 3 nitrogen and oxygen atoms in total. The second-order valence-electron chi connectivity index (χ2n) is 6.50. The molecule has 1 saturated carbocycles. The van der Waals surface area contributed by atoms with Crippen LogP contribution in [0.15, 0.2) is 58.1 Å². The average molecular weight is 367 g/mol. The molecule has 5 heteroatoms. The number of rotatable bonds is 6. The minimum Gasteiger partial charge on any atom is -0.360 e. The second kappa shape index (κ2) is 7.08. The molecule has 0 bridgehead atoms. The Kier molecular flexibility index (Phi) is 4.64. The van der Waals surface area contributed by atoms with Crippen molar-refractivity contribution in [2.75, 3.05) is 6.26 Å². The Morgan fingerprint density at radius 1 is 1.19 bits per heavy atom. The Morgan fingerprint density at radius 2 is 2.00 bits per heavy atom. The molecule has 26 heavy (non-hydrogen) atoms. The summed E-state index contributed by atoms with van der Waals surface area (Å²) in [4.78, 5) is 14.0. The van der Waals surface area contributed by atoms with Crippen LogP contribution in [0.2, 0.25) is 0 Å². The predicted octanol–water partition coefficient (Wildman–Crippen LogP) is 5.23. The summed E-state index contributed by atoms with van der Waals surface area (Å²) in [6.07, 6.45) is 6.11. The molecule has 1 heterocycles. The highest BCUT2D eigenvalue weighted by Gasteiger charge is 2.33. The summed E-state index contributed by atoms with van der Waals surface area (Å²) in [5.41, 5.74) is 3.13. The van der Waals surface area contributed by atoms with Gasteiger partial charge in [-0.15, -0.1) is 11.8 Å². The van der Waals surface area contributed by atoms with Crippen molar-refractivity contribution in [2.24, 2.45) is 0 Å². The van der Waals surface area contributed by atoms with Crippen LogP contribution in [0.1, 0.15) is 51.6 Å². The highest BCUT2D eigenvalue weighted by Crippen LogP contribution is 2.42. The van der Waals surface area contributed by atoms with E-state index < -0.39 is 0 Å². The van der Waals surface area contributed by atoms with Crippen LogP contribution in [-0.4, -0.2) is 17.2 Å². The van der Waals surface area contributed by atoms with Crippen molar-refractivity contribution in [3.63, 3.8) is 0 Å². The van der Waals surface area contributed by atoms with E-state index in [9.17, 15) is 9.18 Å². The molecule has 1 aromatic heterocycles. The predicted molar refractivity (Wildman–Crippen MR) is 99.3 cm³/mol. The fourth-order valence-corrected chi connectivity index (χ4v) is 3.80. The van der Waals surface area contributed by atoms with Gasteiger partial charge in [-0.1, -0.05) is 35.5 Å². The molecular weight excluding hydrogens is 349 g/mol. The number of hydrogen-bond donors (Lipinski definition) is 0. The van der Waals surface area contributed by atoms with Gasteiger partial charge in [-0.05, 0) is 48.8 Å². The van der Waals surface area contributed by atoms with E-state index >= 15 is 0 Å². The fraction of sp³-hybridized carbons (Fsp3) is 0.238. The molecular formula is C21H18FNO2S. The lowest BCUT2D eigenvalue weighted by Crippen LogP contribution is -2.07. The number of carbonyl (C=O) groups is 1. The van der Waals surface area contributed by atoms with Crippen molar-refractivity contribution < 1.29 is 13.7 Å². The highest BCUT2D eigenvalue weighted by molar-refractivity contribution is 7.98. The smallest absolute Gasteiger partial charge is 0.198 e. The first-order valence-electron chi connectivity index (χ1n) is 8.57. The van der Waals surface area contributed by atoms with Crippen LogP contribution in [0.5, 0.6) is 0 Å². The summed E-state index contributed by atoms with van der Waals surface area (Å²) >= 11 is 1.51. The van der Waals surface area contributed by atoms with Crippen molar-refractivity contribution in [3.8, 4) is 0 Å². The number of benzene rings is 2. The van der Waals surface area contributed by atoms with E-state index in [1.165, 1.54) is 30.1 Å². The number of carbonyl (C=O) groups excluding carboxylic acids is 1. The maximum atomic E-state index is 13.5. The molecule has 1 fully saturated rings. The number of nitrogens with zero attached hydrogens (tertiary/aromatic N) is 1. The van der Waals surface area contributed by atoms with Crippen molar-refractivity contribution in [3.05, 3.63) is 82.5 Å². The van der Waals surface area contributed by atoms with Crippen LogP contribution in [0.25, 0.3) is 0 Å². The fourth-order valence-electron chi connectivity index (χ4n) is 3.17. The highest BCUT2D eigenvalue weighted by atomic mass is 32.2. The summed E-state index contributed by atoms with van der Waals surface area (Å²) in [6.45, 7) is 0. The second-order valence-corrected chi connectivity index (χ2v) is 7.35. The first-order chi connectivity index (χ1) is 12.7. The van der Waals surface area contributed by atoms with Gasteiger partial charge in [0.05, 0.1) is 11.8 Å². The molecule has 0 atom stereocenters. The van der Waals surface area contributed by atoms with Gasteiger partial charge in [-0.25, -0.2) is 4.39 Å². The van der Waals surface area contributed by atoms with Crippen LogP contribution in [0.4, 0.5) is 4.39 Å². The van der Waals surface area contributed by atoms with Crippen LogP contribution >= 0.6 is 11.8 Å². The normalized spacial score (nSPS) is 13.8. The molecule has 1 aliphatic rings. The van der Waals surface area contributed by atoms with Crippen molar-refractivity contribution >= 4 is 17.5 Å². The number of aromatic nitrogens is 1. The summed E-state index contributed by atoms with van der Waals surface area (Å²) in [7, 11) is 0. The van der Waals surface area contributed by atoms with E-state index in [4.69, 9.17) is 4.52 Å². The van der Waals surface area contributed by atoms with Crippen LogP contribution in [0.3, 0.4) is 0 Å². The Bertz CT molecular complexity index is 962. The van der Waals surface area contributed by atoms with Gasteiger partial charge in [-0.3, -0.25) is 4.79 Å². The van der Waals surface area contributed by atoms with Gasteiger partial charge in [0.1, 0.15) is 5.82 Å². The zero-order valence-corrected chi connectivity index (χ0v) is 15.2. The summed E-state index contributed by atoms with van der Waals surface area (Å²) in [5.74, 6) is 0.720. The number of ketones is 1. The zero-order chi connectivity index (χ0) is 18.1. The third-order valence-electron chi connectivity index (χ3n) is 4.68. The Balaban J connectivity index is 1.69. The van der Waals surface area contributed by atoms with Gasteiger partial charge in [0, 0.05) is 16.4 Å².